The smallest absolute Gasteiger partial charge is 0.388 e. The molecule has 0 radical (unpaired) electrons. The molecule has 0 aliphatic carbocycles. The van der Waals surface area contributed by atoms with Gasteiger partial charge in [-0.2, -0.15) is 8.42 Å². The van der Waals surface area contributed by atoms with Crippen molar-refractivity contribution in [2.24, 2.45) is 0 Å². The van der Waals surface area contributed by atoms with E-state index in [0.29, 0.717) is 0 Å². The van der Waals surface area contributed by atoms with E-state index in [4.69, 9.17) is 9.29 Å². The van der Waals surface area contributed by atoms with E-state index in [0.717, 1.165) is 6.92 Å². The molecule has 0 saturated carbocycles. The summed E-state index contributed by atoms with van der Waals surface area (Å²) in [5.74, 6) is -0.563. The average molecular weight is 301 g/mol. The summed E-state index contributed by atoms with van der Waals surface area (Å²) >= 11 is 0. The van der Waals surface area contributed by atoms with Crippen LogP contribution in [-0.4, -0.2) is 71.4 Å². The quantitative estimate of drug-likeness (QED) is 0.335. The molecule has 0 aromatic carbocycles. The predicted molar refractivity (Wildman–Crippen MR) is 58.0 cm³/mol. The highest BCUT2D eigenvalue weighted by Crippen LogP contribution is 2.20. The Morgan fingerprint density at radius 3 is 2.37 bits per heavy atom. The Morgan fingerprint density at radius 1 is 1.32 bits per heavy atom. The van der Waals surface area contributed by atoms with Gasteiger partial charge >= 0.3 is 10.4 Å². The Bertz CT molecular complexity index is 424. The highest BCUT2D eigenvalue weighted by atomic mass is 32.3. The Hall–Kier alpha value is -0.820. The molecule has 112 valence electrons. The SMILES string of the molecule is CC(=O)N[C@@H]1[C@@H](O)[C@H](O)[C@H](COS(=O)(=O)O)O[C@@H]1O. The maximum Gasteiger partial charge on any atom is 0.397 e. The number of carbonyl (C=O) groups excluding carboxylic acids is 1. The summed E-state index contributed by atoms with van der Waals surface area (Å²) in [5.41, 5.74) is 0. The maximum atomic E-state index is 10.8. The molecule has 10 nitrogen and oxygen atoms in total. The molecule has 19 heavy (non-hydrogen) atoms. The molecule has 0 spiro atoms. The number of hydrogen-bond acceptors (Lipinski definition) is 8. The first-order valence-electron chi connectivity index (χ1n) is 5.20. The normalized spacial score (nSPS) is 35.9. The van der Waals surface area contributed by atoms with Crippen molar-refractivity contribution in [3.8, 4) is 0 Å². The zero-order chi connectivity index (χ0) is 14.8. The Labute approximate surface area is 108 Å². The molecule has 11 heteroatoms. The van der Waals surface area contributed by atoms with E-state index in [1.54, 1.807) is 0 Å². The zero-order valence-electron chi connectivity index (χ0n) is 9.83. The number of ether oxygens (including phenoxy) is 1. The van der Waals surface area contributed by atoms with Gasteiger partial charge in [0.05, 0.1) is 6.61 Å². The highest BCUT2D eigenvalue weighted by Gasteiger charge is 2.44. The third-order valence-electron chi connectivity index (χ3n) is 2.47. The minimum absolute atomic E-state index is 0.563. The van der Waals surface area contributed by atoms with Gasteiger partial charge in [-0.05, 0) is 0 Å². The van der Waals surface area contributed by atoms with Gasteiger partial charge in [-0.15, -0.1) is 0 Å². The van der Waals surface area contributed by atoms with Crippen LogP contribution >= 0.6 is 0 Å². The van der Waals surface area contributed by atoms with Gasteiger partial charge < -0.3 is 25.4 Å². The molecule has 1 rings (SSSR count). The predicted octanol–water partition coefficient (Wildman–Crippen LogP) is -3.25. The fraction of sp³-hybridized carbons (Fsp3) is 0.875. The Kier molecular flexibility index (Phi) is 5.20. The van der Waals surface area contributed by atoms with Gasteiger partial charge in [0.1, 0.15) is 24.4 Å². The maximum absolute atomic E-state index is 10.8. The number of nitrogens with one attached hydrogen (secondary N) is 1. The summed E-state index contributed by atoms with van der Waals surface area (Å²) in [6, 6.07) is -1.27. The van der Waals surface area contributed by atoms with Crippen molar-refractivity contribution in [1.82, 2.24) is 5.32 Å². The monoisotopic (exact) mass is 301 g/mol. The van der Waals surface area contributed by atoms with Crippen molar-refractivity contribution in [2.75, 3.05) is 6.61 Å². The van der Waals surface area contributed by atoms with E-state index in [1.807, 2.05) is 0 Å². The molecule has 1 saturated heterocycles. The average Bonchev–Trinajstić information content (AvgIpc) is 2.26. The Balaban J connectivity index is 2.69. The third-order valence-corrected chi connectivity index (χ3v) is 2.91. The summed E-state index contributed by atoms with van der Waals surface area (Å²) in [6.07, 6.45) is -6.28. The van der Waals surface area contributed by atoms with E-state index < -0.39 is 53.6 Å². The first kappa shape index (κ1) is 16.2. The molecule has 1 amide bonds. The molecular weight excluding hydrogens is 286 g/mol. The van der Waals surface area contributed by atoms with Crippen molar-refractivity contribution < 1.29 is 42.0 Å². The van der Waals surface area contributed by atoms with Gasteiger partial charge in [0, 0.05) is 6.92 Å². The molecule has 0 bridgehead atoms. The molecule has 1 fully saturated rings. The number of amides is 1. The van der Waals surface area contributed by atoms with E-state index >= 15 is 0 Å². The summed E-state index contributed by atoms with van der Waals surface area (Å²) in [6.45, 7) is 0.334. The second kappa shape index (κ2) is 6.09. The standard InChI is InChI=1S/C8H15NO9S/c1-3(10)9-5-7(12)6(11)4(18-8(5)13)2-17-19(14,15)16/h4-8,11-13H,2H2,1H3,(H,9,10)(H,14,15,16)/t4-,5+,6+,7+,8-/m0/s1. The van der Waals surface area contributed by atoms with Crippen LogP contribution in [0.1, 0.15) is 6.92 Å². The first-order chi connectivity index (χ1) is 8.61. The summed E-state index contributed by atoms with van der Waals surface area (Å²) in [4.78, 5) is 10.8. The highest BCUT2D eigenvalue weighted by molar-refractivity contribution is 7.80. The molecular formula is C8H15NO9S. The molecule has 0 unspecified atom stereocenters. The van der Waals surface area contributed by atoms with Crippen molar-refractivity contribution >= 4 is 16.3 Å². The van der Waals surface area contributed by atoms with Crippen molar-refractivity contribution in [3.63, 3.8) is 0 Å². The number of rotatable bonds is 4. The molecule has 5 N–H and O–H groups in total. The second-order valence-electron chi connectivity index (χ2n) is 3.98. The van der Waals surface area contributed by atoms with Crippen LogP contribution < -0.4 is 5.32 Å². The lowest BCUT2D eigenvalue weighted by Gasteiger charge is -2.40. The molecule has 5 atom stereocenters. The van der Waals surface area contributed by atoms with E-state index in [2.05, 4.69) is 9.50 Å². The topological polar surface area (TPSA) is 163 Å². The lowest BCUT2D eigenvalue weighted by Crippen LogP contribution is -2.64. The first-order valence-corrected chi connectivity index (χ1v) is 6.57. The summed E-state index contributed by atoms with van der Waals surface area (Å²) < 4.78 is 37.9. The molecule has 1 aliphatic rings. The minimum atomic E-state index is -4.74. The van der Waals surface area contributed by atoms with Crippen molar-refractivity contribution in [1.29, 1.82) is 0 Å². The molecule has 0 aromatic rings. The second-order valence-corrected chi connectivity index (χ2v) is 5.08. The van der Waals surface area contributed by atoms with Crippen LogP contribution in [0.15, 0.2) is 0 Å². The number of aliphatic hydroxyl groups is 3. The molecule has 0 aromatic heterocycles. The van der Waals surface area contributed by atoms with Crippen molar-refractivity contribution in [3.05, 3.63) is 0 Å². The van der Waals surface area contributed by atoms with Crippen molar-refractivity contribution in [2.45, 2.75) is 37.6 Å². The van der Waals surface area contributed by atoms with E-state index in [9.17, 15) is 28.5 Å². The minimum Gasteiger partial charge on any atom is -0.388 e. The van der Waals surface area contributed by atoms with E-state index in [1.165, 1.54) is 0 Å². The summed E-state index contributed by atoms with van der Waals surface area (Å²) in [5, 5.41) is 31.0. The van der Waals surface area contributed by atoms with Crippen LogP contribution in [0.3, 0.4) is 0 Å². The lowest BCUT2D eigenvalue weighted by atomic mass is 9.97. The number of hydrogen-bond donors (Lipinski definition) is 5. The third kappa shape index (κ3) is 4.65. The van der Waals surface area contributed by atoms with Gasteiger partial charge in [-0.1, -0.05) is 0 Å². The van der Waals surface area contributed by atoms with Gasteiger partial charge in [0.2, 0.25) is 5.91 Å². The number of carbonyl (C=O) groups is 1. The molecule has 1 heterocycles. The fourth-order valence-electron chi connectivity index (χ4n) is 1.63. The fourth-order valence-corrected chi connectivity index (χ4v) is 1.93. The number of aliphatic hydroxyl groups excluding tert-OH is 3. The van der Waals surface area contributed by atoms with Crippen LogP contribution in [0.25, 0.3) is 0 Å². The zero-order valence-corrected chi connectivity index (χ0v) is 10.6. The lowest BCUT2D eigenvalue weighted by molar-refractivity contribution is -0.252. The Morgan fingerprint density at radius 2 is 1.89 bits per heavy atom. The van der Waals surface area contributed by atoms with Crippen LogP contribution in [0, 0.1) is 0 Å². The van der Waals surface area contributed by atoms with Crippen LogP contribution in [0.4, 0.5) is 0 Å². The van der Waals surface area contributed by atoms with Crippen LogP contribution in [0.5, 0.6) is 0 Å². The van der Waals surface area contributed by atoms with Gasteiger partial charge in [-0.3, -0.25) is 9.35 Å². The van der Waals surface area contributed by atoms with Crippen LogP contribution in [-0.2, 0) is 24.1 Å². The largest absolute Gasteiger partial charge is 0.397 e. The van der Waals surface area contributed by atoms with Gasteiger partial charge in [0.15, 0.2) is 6.29 Å². The summed E-state index contributed by atoms with van der Waals surface area (Å²) in [7, 11) is -4.74. The van der Waals surface area contributed by atoms with E-state index in [-0.39, 0.29) is 0 Å². The van der Waals surface area contributed by atoms with Gasteiger partial charge in [-0.25, -0.2) is 4.18 Å². The molecule has 1 aliphatic heterocycles. The van der Waals surface area contributed by atoms with Crippen LogP contribution in [0.2, 0.25) is 0 Å². The van der Waals surface area contributed by atoms with Gasteiger partial charge in [0.25, 0.3) is 0 Å².